The van der Waals surface area contributed by atoms with Crippen LogP contribution in [-0.4, -0.2) is 4.57 Å². The Hall–Kier alpha value is -6.12. The Kier molecular flexibility index (Phi) is 8.48. The molecule has 0 spiro atoms. The van der Waals surface area contributed by atoms with Gasteiger partial charge in [-0.2, -0.15) is 0 Å². The Morgan fingerprint density at radius 1 is 0.468 bits per heavy atom. The van der Waals surface area contributed by atoms with Crippen molar-refractivity contribution in [1.82, 2.24) is 4.57 Å². The van der Waals surface area contributed by atoms with Crippen LogP contribution in [0.4, 0.5) is 17.1 Å². The number of rotatable bonds is 6. The fraction of sp³-hybridized carbons (Fsp3) is 0.0222. The number of aromatic nitrogens is 1. The van der Waals surface area contributed by atoms with Crippen molar-refractivity contribution in [3.05, 3.63) is 195 Å². The molecule has 7 aromatic carbocycles. The highest BCUT2D eigenvalue weighted by Crippen LogP contribution is 2.42. The lowest BCUT2D eigenvalue weighted by molar-refractivity contribution is 1.18. The fourth-order valence-electron chi connectivity index (χ4n) is 6.35. The van der Waals surface area contributed by atoms with Gasteiger partial charge < -0.3 is 9.47 Å². The van der Waals surface area contributed by atoms with Gasteiger partial charge in [-0.25, -0.2) is 0 Å². The van der Waals surface area contributed by atoms with Crippen LogP contribution >= 0.6 is 0 Å². The van der Waals surface area contributed by atoms with Crippen molar-refractivity contribution in [2.45, 2.75) is 6.92 Å². The van der Waals surface area contributed by atoms with Crippen LogP contribution in [0.3, 0.4) is 0 Å². The molecule has 0 atom stereocenters. The van der Waals surface area contributed by atoms with E-state index in [1.165, 1.54) is 44.1 Å². The van der Waals surface area contributed by atoms with Crippen LogP contribution in [0.2, 0.25) is 0 Å². The van der Waals surface area contributed by atoms with E-state index >= 15 is 0 Å². The molecule has 0 aliphatic rings. The second-order valence-electron chi connectivity index (χ2n) is 11.4. The lowest BCUT2D eigenvalue weighted by atomic mass is 9.95. The number of allylic oxidation sites excluding steroid dienone is 1. The van der Waals surface area contributed by atoms with Crippen LogP contribution < -0.4 is 4.90 Å². The van der Waals surface area contributed by atoms with Crippen molar-refractivity contribution in [2.24, 2.45) is 0 Å². The van der Waals surface area contributed by atoms with E-state index < -0.39 is 0 Å². The zero-order chi connectivity index (χ0) is 32.0. The number of hydrogen-bond acceptors (Lipinski definition) is 1. The minimum Gasteiger partial charge on any atom is -0.311 e. The summed E-state index contributed by atoms with van der Waals surface area (Å²) in [7, 11) is 0. The molecule has 0 aliphatic carbocycles. The molecule has 0 fully saturated rings. The first-order valence-corrected chi connectivity index (χ1v) is 16.0. The maximum Gasteiger partial charge on any atom is 0.0619 e. The van der Waals surface area contributed by atoms with Crippen LogP contribution in [0.15, 0.2) is 195 Å². The topological polar surface area (TPSA) is 8.17 Å². The summed E-state index contributed by atoms with van der Waals surface area (Å²) in [6.07, 6.45) is 1.75. The summed E-state index contributed by atoms with van der Waals surface area (Å²) in [6, 6.07) is 65.0. The quantitative estimate of drug-likeness (QED) is 0.171. The van der Waals surface area contributed by atoms with E-state index in [0.29, 0.717) is 0 Å². The third-order valence-corrected chi connectivity index (χ3v) is 8.36. The zero-order valence-corrected chi connectivity index (χ0v) is 26.5. The van der Waals surface area contributed by atoms with Crippen LogP contribution in [-0.2, 0) is 0 Å². The van der Waals surface area contributed by atoms with Gasteiger partial charge >= 0.3 is 0 Å². The molecule has 1 heterocycles. The molecule has 8 aromatic rings. The molecular formula is C45H36N2. The van der Waals surface area contributed by atoms with Gasteiger partial charge in [0.15, 0.2) is 0 Å². The summed E-state index contributed by atoms with van der Waals surface area (Å²) < 4.78 is 2.41. The summed E-state index contributed by atoms with van der Waals surface area (Å²) >= 11 is 0. The smallest absolute Gasteiger partial charge is 0.0619 e. The van der Waals surface area contributed by atoms with Gasteiger partial charge in [0.2, 0.25) is 0 Å². The summed E-state index contributed by atoms with van der Waals surface area (Å²) in [6.45, 7) is 5.25. The highest BCUT2D eigenvalue weighted by Gasteiger charge is 2.19. The average molecular weight is 605 g/mol. The van der Waals surface area contributed by atoms with Gasteiger partial charge in [0.05, 0.1) is 11.0 Å². The van der Waals surface area contributed by atoms with Crippen molar-refractivity contribution >= 4 is 38.9 Å². The Bertz CT molecular complexity index is 2190. The minimum absolute atomic E-state index is 1.12. The predicted molar refractivity (Wildman–Crippen MR) is 202 cm³/mol. The van der Waals surface area contributed by atoms with Crippen molar-refractivity contribution in [1.29, 1.82) is 0 Å². The molecule has 47 heavy (non-hydrogen) atoms. The van der Waals surface area contributed by atoms with Crippen LogP contribution in [0.5, 0.6) is 0 Å². The van der Waals surface area contributed by atoms with Crippen molar-refractivity contribution in [3.63, 3.8) is 0 Å². The summed E-state index contributed by atoms with van der Waals surface area (Å²) in [4.78, 5) is 2.30. The summed E-state index contributed by atoms with van der Waals surface area (Å²) in [5.74, 6) is 0. The Morgan fingerprint density at radius 3 is 1.55 bits per heavy atom. The molecule has 0 amide bonds. The second kappa shape index (κ2) is 13.5. The van der Waals surface area contributed by atoms with Crippen molar-refractivity contribution < 1.29 is 0 Å². The van der Waals surface area contributed by atoms with Crippen LogP contribution in [0.1, 0.15) is 6.92 Å². The monoisotopic (exact) mass is 604 g/mol. The van der Waals surface area contributed by atoms with Gasteiger partial charge in [-0.1, -0.05) is 121 Å². The molecule has 0 bridgehead atoms. The molecule has 0 saturated heterocycles. The SMILES string of the molecule is C=CC.c1ccc(-c2cc(-c3ccc(N(c4ccccc4)c4ccccc4)cc3)cc3c4ccccc4n(-c4ccccc4)c23)cc1. The number of fused-ring (bicyclic) bond motifs is 3. The lowest BCUT2D eigenvalue weighted by Crippen LogP contribution is -2.09. The minimum atomic E-state index is 1.12. The normalized spacial score (nSPS) is 10.7. The second-order valence-corrected chi connectivity index (χ2v) is 11.4. The standard InChI is InChI=1S/C42H30N2.C3H6/c1-5-15-32(16-6-1)39-29-33(30-40-38-23-13-14-24-41(38)44(42(39)40)36-21-11-4-12-22-36)31-25-27-37(28-26-31)43(34-17-7-2-8-18-34)35-19-9-3-10-20-35;1-3-2/h1-30H;3H,1H2,2H3. The lowest BCUT2D eigenvalue weighted by Gasteiger charge is -2.25. The van der Waals surface area contributed by atoms with Gasteiger partial charge in [-0.05, 0) is 90.3 Å². The zero-order valence-electron chi connectivity index (χ0n) is 26.5. The molecule has 0 unspecified atom stereocenters. The van der Waals surface area contributed by atoms with Gasteiger partial charge in [0, 0.05) is 39.1 Å². The number of para-hydroxylation sites is 4. The van der Waals surface area contributed by atoms with Crippen LogP contribution in [0, 0.1) is 0 Å². The summed E-state index contributed by atoms with van der Waals surface area (Å²) in [5.41, 5.74) is 11.8. The maximum atomic E-state index is 3.36. The molecule has 226 valence electrons. The molecule has 1 aromatic heterocycles. The number of hydrogen-bond donors (Lipinski definition) is 0. The van der Waals surface area contributed by atoms with Crippen molar-refractivity contribution in [2.75, 3.05) is 4.90 Å². The molecule has 2 heteroatoms. The van der Waals surface area contributed by atoms with E-state index in [4.69, 9.17) is 0 Å². The highest BCUT2D eigenvalue weighted by atomic mass is 15.1. The summed E-state index contributed by atoms with van der Waals surface area (Å²) in [5, 5.41) is 2.50. The fourth-order valence-corrected chi connectivity index (χ4v) is 6.35. The van der Waals surface area contributed by atoms with Gasteiger partial charge in [-0.3, -0.25) is 0 Å². The molecule has 0 N–H and O–H groups in total. The van der Waals surface area contributed by atoms with Gasteiger partial charge in [0.25, 0.3) is 0 Å². The number of anilines is 3. The number of benzene rings is 7. The van der Waals surface area contributed by atoms with E-state index in [-0.39, 0.29) is 0 Å². The van der Waals surface area contributed by atoms with E-state index in [2.05, 4.69) is 198 Å². The first kappa shape index (κ1) is 29.6. The Balaban J connectivity index is 0.00000113. The third-order valence-electron chi connectivity index (χ3n) is 8.36. The maximum absolute atomic E-state index is 3.36. The molecule has 0 radical (unpaired) electrons. The predicted octanol–water partition coefficient (Wildman–Crippen LogP) is 12.8. The van der Waals surface area contributed by atoms with E-state index in [0.717, 1.165) is 22.7 Å². The first-order chi connectivity index (χ1) is 23.3. The van der Waals surface area contributed by atoms with E-state index in [9.17, 15) is 0 Å². The third kappa shape index (κ3) is 5.85. The Labute approximate surface area is 277 Å². The van der Waals surface area contributed by atoms with Crippen LogP contribution in [0.25, 0.3) is 49.7 Å². The molecular weight excluding hydrogens is 569 g/mol. The van der Waals surface area contributed by atoms with E-state index in [1.54, 1.807) is 6.08 Å². The molecule has 8 rings (SSSR count). The molecule has 2 nitrogen and oxygen atoms in total. The van der Waals surface area contributed by atoms with Gasteiger partial charge in [0.1, 0.15) is 0 Å². The van der Waals surface area contributed by atoms with Crippen molar-refractivity contribution in [3.8, 4) is 27.9 Å². The number of nitrogens with zero attached hydrogens (tertiary/aromatic N) is 2. The largest absolute Gasteiger partial charge is 0.311 e. The molecule has 0 aliphatic heterocycles. The first-order valence-electron chi connectivity index (χ1n) is 16.0. The Morgan fingerprint density at radius 2 is 0.957 bits per heavy atom. The highest BCUT2D eigenvalue weighted by molar-refractivity contribution is 6.15. The van der Waals surface area contributed by atoms with E-state index in [1.807, 2.05) is 6.92 Å². The van der Waals surface area contributed by atoms with Gasteiger partial charge in [-0.15, -0.1) is 6.58 Å². The molecule has 0 saturated carbocycles. The average Bonchev–Trinajstić information content (AvgIpc) is 3.48.